The molecule has 0 fully saturated rings. The number of para-hydroxylation sites is 2. The van der Waals surface area contributed by atoms with Gasteiger partial charge in [-0.25, -0.2) is 0 Å². The number of nitrogens with one attached hydrogen (secondary N) is 2. The lowest BCUT2D eigenvalue weighted by Gasteiger charge is -2.07. The van der Waals surface area contributed by atoms with Crippen molar-refractivity contribution < 1.29 is 14.3 Å². The molecule has 3 aromatic rings. The Balaban J connectivity index is 1.48. The van der Waals surface area contributed by atoms with Gasteiger partial charge in [-0.05, 0) is 35.7 Å². The van der Waals surface area contributed by atoms with E-state index in [-0.39, 0.29) is 19.1 Å². The molecule has 0 unspecified atom stereocenters. The Bertz CT molecular complexity index is 935. The molecule has 1 heterocycles. The molecule has 0 aliphatic rings. The maximum atomic E-state index is 12.1. The largest absolute Gasteiger partial charge is 0.493 e. The number of benzene rings is 2. The second kappa shape index (κ2) is 7.93. The van der Waals surface area contributed by atoms with Crippen LogP contribution in [-0.4, -0.2) is 31.2 Å². The first-order chi connectivity index (χ1) is 12.3. The van der Waals surface area contributed by atoms with Gasteiger partial charge < -0.3 is 19.8 Å². The predicted molar refractivity (Wildman–Crippen MR) is 96.9 cm³/mol. The summed E-state index contributed by atoms with van der Waals surface area (Å²) in [5.41, 5.74) is 1.53. The number of methoxy groups -OCH3 is 1. The van der Waals surface area contributed by atoms with Gasteiger partial charge in [0.05, 0.1) is 13.7 Å². The van der Waals surface area contributed by atoms with Crippen LogP contribution in [0.25, 0.3) is 10.9 Å². The van der Waals surface area contributed by atoms with Gasteiger partial charge >= 0.3 is 0 Å². The second-order valence-electron chi connectivity index (χ2n) is 5.26. The molecule has 0 saturated heterocycles. The number of H-pyrrole nitrogens is 1. The fourth-order valence-electron chi connectivity index (χ4n) is 2.38. The number of rotatable bonds is 5. The van der Waals surface area contributed by atoms with Crippen LogP contribution in [0.5, 0.6) is 11.5 Å². The van der Waals surface area contributed by atoms with Crippen LogP contribution in [0.3, 0.4) is 0 Å². The van der Waals surface area contributed by atoms with Gasteiger partial charge in [0, 0.05) is 17.3 Å². The third kappa shape index (κ3) is 4.12. The Kier molecular flexibility index (Phi) is 5.22. The van der Waals surface area contributed by atoms with Crippen LogP contribution >= 0.6 is 0 Å². The van der Waals surface area contributed by atoms with Crippen molar-refractivity contribution in [3.8, 4) is 23.3 Å². The van der Waals surface area contributed by atoms with Gasteiger partial charge in [0.25, 0.3) is 5.91 Å². The Hall–Kier alpha value is -3.39. The van der Waals surface area contributed by atoms with E-state index < -0.39 is 0 Å². The van der Waals surface area contributed by atoms with Crippen molar-refractivity contribution in [2.45, 2.75) is 0 Å². The molecule has 2 N–H and O–H groups in total. The maximum absolute atomic E-state index is 12.1. The Morgan fingerprint density at radius 1 is 1.12 bits per heavy atom. The van der Waals surface area contributed by atoms with Crippen molar-refractivity contribution in [2.24, 2.45) is 0 Å². The molecular weight excluding hydrogens is 316 g/mol. The normalized spacial score (nSPS) is 9.96. The lowest BCUT2D eigenvalue weighted by atomic mass is 10.1. The van der Waals surface area contributed by atoms with E-state index in [4.69, 9.17) is 9.47 Å². The number of hydrogen-bond donors (Lipinski definition) is 2. The fourth-order valence-corrected chi connectivity index (χ4v) is 2.38. The zero-order chi connectivity index (χ0) is 17.5. The number of aromatic nitrogens is 1. The molecule has 2 aromatic carbocycles. The monoisotopic (exact) mass is 334 g/mol. The van der Waals surface area contributed by atoms with Crippen molar-refractivity contribution >= 4 is 16.8 Å². The van der Waals surface area contributed by atoms with E-state index in [9.17, 15) is 4.79 Å². The van der Waals surface area contributed by atoms with Crippen molar-refractivity contribution in [1.29, 1.82) is 0 Å². The molecule has 0 aliphatic carbocycles. The molecule has 1 amide bonds. The first kappa shape index (κ1) is 16.5. The van der Waals surface area contributed by atoms with E-state index in [0.717, 1.165) is 10.9 Å². The lowest BCUT2D eigenvalue weighted by Crippen LogP contribution is -2.23. The van der Waals surface area contributed by atoms with E-state index in [1.165, 1.54) is 0 Å². The van der Waals surface area contributed by atoms with Crippen molar-refractivity contribution in [2.75, 3.05) is 20.3 Å². The highest BCUT2D eigenvalue weighted by atomic mass is 16.5. The van der Waals surface area contributed by atoms with Gasteiger partial charge in [0.15, 0.2) is 11.5 Å². The number of fused-ring (bicyclic) bond motifs is 1. The molecule has 5 nitrogen and oxygen atoms in total. The average molecular weight is 334 g/mol. The lowest BCUT2D eigenvalue weighted by molar-refractivity contribution is 0.0959. The van der Waals surface area contributed by atoms with Gasteiger partial charge in [0.2, 0.25) is 0 Å². The summed E-state index contributed by atoms with van der Waals surface area (Å²) in [6.45, 7) is 0.488. The molecule has 126 valence electrons. The predicted octanol–water partition coefficient (Wildman–Crippen LogP) is 2.99. The third-order valence-electron chi connectivity index (χ3n) is 3.65. The highest BCUT2D eigenvalue weighted by Gasteiger charge is 2.05. The van der Waals surface area contributed by atoms with E-state index in [1.807, 2.05) is 48.7 Å². The maximum Gasteiger partial charge on any atom is 0.252 e. The summed E-state index contributed by atoms with van der Waals surface area (Å²) in [6.07, 6.45) is 1.85. The number of hydrogen-bond acceptors (Lipinski definition) is 3. The summed E-state index contributed by atoms with van der Waals surface area (Å²) in [4.78, 5) is 15.2. The fraction of sp³-hybridized carbons (Fsp3) is 0.150. The molecule has 1 aromatic heterocycles. The highest BCUT2D eigenvalue weighted by Crippen LogP contribution is 2.25. The molecule has 0 bridgehead atoms. The standard InChI is InChI=1S/C20H18N2O3/c1-24-18-6-2-3-7-19(18)25-13-5-4-11-22-20(23)16-9-8-15-10-12-21-17(15)14-16/h2-3,6-10,12,14,21H,11,13H2,1H3,(H,22,23). The quantitative estimate of drug-likeness (QED) is 0.705. The second-order valence-corrected chi connectivity index (χ2v) is 5.26. The molecule has 0 spiro atoms. The number of carbonyl (C=O) groups excluding carboxylic acids is 1. The summed E-state index contributed by atoms with van der Waals surface area (Å²) >= 11 is 0. The van der Waals surface area contributed by atoms with Crippen LogP contribution in [0.1, 0.15) is 10.4 Å². The summed E-state index contributed by atoms with van der Waals surface area (Å²) in [7, 11) is 1.59. The molecule has 3 rings (SSSR count). The Morgan fingerprint density at radius 2 is 1.96 bits per heavy atom. The number of amides is 1. The first-order valence-electron chi connectivity index (χ1n) is 7.85. The molecule has 5 heteroatoms. The average Bonchev–Trinajstić information content (AvgIpc) is 3.12. The van der Waals surface area contributed by atoms with Crippen molar-refractivity contribution in [3.63, 3.8) is 0 Å². The van der Waals surface area contributed by atoms with Crippen molar-refractivity contribution in [3.05, 3.63) is 60.3 Å². The van der Waals surface area contributed by atoms with Gasteiger partial charge in [-0.15, -0.1) is 0 Å². The zero-order valence-electron chi connectivity index (χ0n) is 13.8. The molecular formula is C20H18N2O3. The third-order valence-corrected chi connectivity index (χ3v) is 3.65. The van der Waals surface area contributed by atoms with Crippen LogP contribution in [0, 0.1) is 11.8 Å². The van der Waals surface area contributed by atoms with Gasteiger partial charge in [-0.3, -0.25) is 4.79 Å². The number of carbonyl (C=O) groups is 1. The summed E-state index contributed by atoms with van der Waals surface area (Å²) < 4.78 is 10.7. The summed E-state index contributed by atoms with van der Waals surface area (Å²) in [5.74, 6) is 6.89. The van der Waals surface area contributed by atoms with Crippen molar-refractivity contribution in [1.82, 2.24) is 10.3 Å². The number of aromatic amines is 1. The smallest absolute Gasteiger partial charge is 0.252 e. The minimum absolute atomic E-state index is 0.156. The van der Waals surface area contributed by atoms with E-state index >= 15 is 0 Å². The van der Waals surface area contributed by atoms with Crippen LogP contribution in [0.4, 0.5) is 0 Å². The van der Waals surface area contributed by atoms with Gasteiger partial charge in [-0.2, -0.15) is 0 Å². The Morgan fingerprint density at radius 3 is 2.80 bits per heavy atom. The summed E-state index contributed by atoms with van der Waals surface area (Å²) in [5, 5.41) is 3.84. The SMILES string of the molecule is COc1ccccc1OCC#CCNC(=O)c1ccc2cc[nH]c2c1. The van der Waals surface area contributed by atoms with E-state index in [0.29, 0.717) is 17.1 Å². The van der Waals surface area contributed by atoms with Crippen LogP contribution in [-0.2, 0) is 0 Å². The topological polar surface area (TPSA) is 63.4 Å². The number of ether oxygens (including phenoxy) is 2. The molecule has 0 saturated carbocycles. The van der Waals surface area contributed by atoms with Crippen LogP contribution < -0.4 is 14.8 Å². The minimum Gasteiger partial charge on any atom is -0.493 e. The van der Waals surface area contributed by atoms with Crippen LogP contribution in [0.2, 0.25) is 0 Å². The molecule has 0 atom stereocenters. The van der Waals surface area contributed by atoms with Crippen LogP contribution in [0.15, 0.2) is 54.7 Å². The van der Waals surface area contributed by atoms with E-state index in [2.05, 4.69) is 22.1 Å². The molecule has 0 aliphatic heterocycles. The molecule has 25 heavy (non-hydrogen) atoms. The Labute approximate surface area is 146 Å². The highest BCUT2D eigenvalue weighted by molar-refractivity contribution is 5.97. The molecule has 0 radical (unpaired) electrons. The van der Waals surface area contributed by atoms with Gasteiger partial charge in [0.1, 0.15) is 6.61 Å². The summed E-state index contributed by atoms with van der Waals surface area (Å²) in [6, 6.07) is 14.9. The minimum atomic E-state index is -0.156. The zero-order valence-corrected chi connectivity index (χ0v) is 13.8. The first-order valence-corrected chi connectivity index (χ1v) is 7.85. The van der Waals surface area contributed by atoms with E-state index in [1.54, 1.807) is 13.2 Å². The van der Waals surface area contributed by atoms with Gasteiger partial charge in [-0.1, -0.05) is 30.0 Å².